The summed E-state index contributed by atoms with van der Waals surface area (Å²) in [5.74, 6) is 0. The first-order chi connectivity index (χ1) is 7.38. The molecule has 1 aliphatic rings. The highest BCUT2D eigenvalue weighted by molar-refractivity contribution is 5.09. The Hall–Kier alpha value is -0.840. The van der Waals surface area contributed by atoms with Gasteiger partial charge in [-0.1, -0.05) is 0 Å². The van der Waals surface area contributed by atoms with Crippen LogP contribution in [-0.2, 0) is 17.8 Å². The summed E-state index contributed by atoms with van der Waals surface area (Å²) in [4.78, 5) is 2.44. The molecule has 1 aromatic heterocycles. The number of hydrogen-bond acceptors (Lipinski definition) is 3. The van der Waals surface area contributed by atoms with Gasteiger partial charge in [0.25, 0.3) is 0 Å². The number of rotatable bonds is 4. The summed E-state index contributed by atoms with van der Waals surface area (Å²) >= 11 is 0. The predicted octanol–water partition coefficient (Wildman–Crippen LogP) is 0.279. The molecule has 0 unspecified atom stereocenters. The van der Waals surface area contributed by atoms with Crippen LogP contribution in [0.15, 0.2) is 18.5 Å². The van der Waals surface area contributed by atoms with Crippen LogP contribution in [-0.4, -0.2) is 42.3 Å². The summed E-state index contributed by atoms with van der Waals surface area (Å²) in [7, 11) is 0. The third-order valence-electron chi connectivity index (χ3n) is 2.83. The third-order valence-corrected chi connectivity index (χ3v) is 2.83. The standard InChI is InChI=1S/C11H19N3O/c12-9-11-1-2-14(10-11)4-3-13-5-7-15-8-6-13/h1-2,10H,3-9,12H2. The Kier molecular flexibility index (Phi) is 3.77. The van der Waals surface area contributed by atoms with Crippen molar-refractivity contribution >= 4 is 0 Å². The van der Waals surface area contributed by atoms with Crippen molar-refractivity contribution in [3.8, 4) is 0 Å². The minimum atomic E-state index is 0.630. The predicted molar refractivity (Wildman–Crippen MR) is 59.6 cm³/mol. The molecule has 1 aliphatic heterocycles. The molecule has 4 heteroatoms. The highest BCUT2D eigenvalue weighted by Crippen LogP contribution is 2.02. The molecule has 1 saturated heterocycles. The zero-order valence-corrected chi connectivity index (χ0v) is 9.06. The van der Waals surface area contributed by atoms with Gasteiger partial charge in [-0.15, -0.1) is 0 Å². The Morgan fingerprint density at radius 2 is 2.07 bits per heavy atom. The smallest absolute Gasteiger partial charge is 0.0594 e. The lowest BCUT2D eigenvalue weighted by Gasteiger charge is -2.26. The Labute approximate surface area is 90.6 Å². The molecule has 0 aliphatic carbocycles. The molecule has 1 fully saturated rings. The van der Waals surface area contributed by atoms with Gasteiger partial charge in [0, 0.05) is 45.1 Å². The monoisotopic (exact) mass is 209 g/mol. The highest BCUT2D eigenvalue weighted by Gasteiger charge is 2.09. The van der Waals surface area contributed by atoms with Gasteiger partial charge in [-0.3, -0.25) is 4.90 Å². The summed E-state index contributed by atoms with van der Waals surface area (Å²) in [6, 6.07) is 2.08. The van der Waals surface area contributed by atoms with E-state index in [-0.39, 0.29) is 0 Å². The number of nitrogens with zero attached hydrogens (tertiary/aromatic N) is 2. The number of ether oxygens (including phenoxy) is 1. The fourth-order valence-electron chi connectivity index (χ4n) is 1.83. The van der Waals surface area contributed by atoms with E-state index in [9.17, 15) is 0 Å². The van der Waals surface area contributed by atoms with E-state index in [0.29, 0.717) is 6.54 Å². The Morgan fingerprint density at radius 3 is 2.73 bits per heavy atom. The molecule has 0 spiro atoms. The van der Waals surface area contributed by atoms with Gasteiger partial charge < -0.3 is 15.0 Å². The second-order valence-corrected chi connectivity index (χ2v) is 3.92. The van der Waals surface area contributed by atoms with Crippen molar-refractivity contribution in [1.29, 1.82) is 0 Å². The van der Waals surface area contributed by atoms with E-state index in [1.807, 2.05) is 0 Å². The maximum Gasteiger partial charge on any atom is 0.0594 e. The normalized spacial score (nSPS) is 18.2. The van der Waals surface area contributed by atoms with E-state index in [0.717, 1.165) is 39.4 Å². The average molecular weight is 209 g/mol. The second-order valence-electron chi connectivity index (χ2n) is 3.92. The van der Waals surface area contributed by atoms with Gasteiger partial charge in [-0.05, 0) is 11.6 Å². The van der Waals surface area contributed by atoms with Gasteiger partial charge in [0.15, 0.2) is 0 Å². The van der Waals surface area contributed by atoms with Crippen molar-refractivity contribution in [2.75, 3.05) is 32.8 Å². The number of hydrogen-bond donors (Lipinski definition) is 1. The highest BCUT2D eigenvalue weighted by atomic mass is 16.5. The van der Waals surface area contributed by atoms with Gasteiger partial charge in [-0.2, -0.15) is 0 Å². The molecule has 0 radical (unpaired) electrons. The van der Waals surface area contributed by atoms with Crippen LogP contribution in [0.2, 0.25) is 0 Å². The van der Waals surface area contributed by atoms with E-state index in [2.05, 4.69) is 27.9 Å². The van der Waals surface area contributed by atoms with Crippen molar-refractivity contribution in [3.63, 3.8) is 0 Å². The molecule has 0 amide bonds. The minimum Gasteiger partial charge on any atom is -0.379 e. The van der Waals surface area contributed by atoms with Gasteiger partial charge in [0.2, 0.25) is 0 Å². The third kappa shape index (κ3) is 3.06. The van der Waals surface area contributed by atoms with Gasteiger partial charge >= 0.3 is 0 Å². The first-order valence-corrected chi connectivity index (χ1v) is 5.53. The molecule has 0 aromatic carbocycles. The van der Waals surface area contributed by atoms with E-state index < -0.39 is 0 Å². The Morgan fingerprint density at radius 1 is 1.27 bits per heavy atom. The van der Waals surface area contributed by atoms with Crippen molar-refractivity contribution in [2.24, 2.45) is 5.73 Å². The maximum atomic E-state index is 5.56. The lowest BCUT2D eigenvalue weighted by molar-refractivity contribution is 0.0364. The fraction of sp³-hybridized carbons (Fsp3) is 0.636. The largest absolute Gasteiger partial charge is 0.379 e. The first kappa shape index (κ1) is 10.7. The molecule has 15 heavy (non-hydrogen) atoms. The lowest BCUT2D eigenvalue weighted by atomic mass is 10.3. The topological polar surface area (TPSA) is 43.4 Å². The van der Waals surface area contributed by atoms with Crippen LogP contribution < -0.4 is 5.73 Å². The summed E-state index contributed by atoms with van der Waals surface area (Å²) in [6.45, 7) is 6.64. The Balaban J connectivity index is 1.76. The molecule has 0 saturated carbocycles. The SMILES string of the molecule is NCc1ccn(CCN2CCOCC2)c1. The summed E-state index contributed by atoms with van der Waals surface area (Å²) < 4.78 is 7.51. The fourth-order valence-corrected chi connectivity index (χ4v) is 1.83. The Bertz CT molecular complexity index is 292. The molecule has 0 atom stereocenters. The number of morpholine rings is 1. The van der Waals surface area contributed by atoms with Crippen LogP contribution in [0.5, 0.6) is 0 Å². The second kappa shape index (κ2) is 5.30. The molecule has 4 nitrogen and oxygen atoms in total. The van der Waals surface area contributed by atoms with Crippen molar-refractivity contribution in [2.45, 2.75) is 13.1 Å². The van der Waals surface area contributed by atoms with E-state index in [1.165, 1.54) is 5.56 Å². The summed E-state index contributed by atoms with van der Waals surface area (Å²) in [6.07, 6.45) is 4.23. The van der Waals surface area contributed by atoms with E-state index in [4.69, 9.17) is 10.5 Å². The van der Waals surface area contributed by atoms with Crippen molar-refractivity contribution < 1.29 is 4.74 Å². The van der Waals surface area contributed by atoms with Crippen molar-refractivity contribution in [3.05, 3.63) is 24.0 Å². The lowest BCUT2D eigenvalue weighted by Crippen LogP contribution is -2.38. The van der Waals surface area contributed by atoms with Gasteiger partial charge in [0.1, 0.15) is 0 Å². The number of aromatic nitrogens is 1. The molecular formula is C11H19N3O. The van der Waals surface area contributed by atoms with Crippen molar-refractivity contribution in [1.82, 2.24) is 9.47 Å². The molecule has 2 heterocycles. The van der Waals surface area contributed by atoms with Crippen LogP contribution >= 0.6 is 0 Å². The summed E-state index contributed by atoms with van der Waals surface area (Å²) in [5.41, 5.74) is 6.77. The minimum absolute atomic E-state index is 0.630. The maximum absolute atomic E-state index is 5.56. The molecule has 84 valence electrons. The van der Waals surface area contributed by atoms with Gasteiger partial charge in [-0.25, -0.2) is 0 Å². The van der Waals surface area contributed by atoms with E-state index in [1.54, 1.807) is 0 Å². The van der Waals surface area contributed by atoms with Gasteiger partial charge in [0.05, 0.1) is 13.2 Å². The van der Waals surface area contributed by atoms with Crippen LogP contribution in [0.4, 0.5) is 0 Å². The molecule has 1 aromatic rings. The van der Waals surface area contributed by atoms with Crippen LogP contribution in [0.1, 0.15) is 5.56 Å². The average Bonchev–Trinajstić information content (AvgIpc) is 2.76. The zero-order valence-electron chi connectivity index (χ0n) is 9.06. The quantitative estimate of drug-likeness (QED) is 0.774. The summed E-state index contributed by atoms with van der Waals surface area (Å²) in [5, 5.41) is 0. The van der Waals surface area contributed by atoms with Crippen LogP contribution in [0.25, 0.3) is 0 Å². The van der Waals surface area contributed by atoms with E-state index >= 15 is 0 Å². The molecular weight excluding hydrogens is 190 g/mol. The molecule has 2 N–H and O–H groups in total. The van der Waals surface area contributed by atoms with Crippen LogP contribution in [0.3, 0.4) is 0 Å². The molecule has 0 bridgehead atoms. The zero-order chi connectivity index (χ0) is 10.5. The van der Waals surface area contributed by atoms with Crippen LogP contribution in [0, 0.1) is 0 Å². The first-order valence-electron chi connectivity index (χ1n) is 5.53. The number of nitrogens with two attached hydrogens (primary N) is 1. The molecule has 2 rings (SSSR count).